The van der Waals surface area contributed by atoms with Gasteiger partial charge in [0.25, 0.3) is 0 Å². The van der Waals surface area contributed by atoms with E-state index in [-0.39, 0.29) is 5.66 Å². The predicted molar refractivity (Wildman–Crippen MR) is 64.6 cm³/mol. The molecule has 2 rings (SSSR count). The Hall–Kier alpha value is 0.150. The summed E-state index contributed by atoms with van der Waals surface area (Å²) in [6.07, 6.45) is 9.98. The highest BCUT2D eigenvalue weighted by Gasteiger charge is 2.34. The SMILES string of the molecule is O=P(O)(OCC1CCCC1)C1CCCCC1. The van der Waals surface area contributed by atoms with Crippen LogP contribution in [0.1, 0.15) is 57.8 Å². The van der Waals surface area contributed by atoms with Gasteiger partial charge in [-0.3, -0.25) is 4.57 Å². The van der Waals surface area contributed by atoms with E-state index < -0.39 is 7.60 Å². The van der Waals surface area contributed by atoms with Crippen LogP contribution in [0.25, 0.3) is 0 Å². The van der Waals surface area contributed by atoms with E-state index in [1.807, 2.05) is 0 Å². The number of rotatable bonds is 4. The van der Waals surface area contributed by atoms with Crippen LogP contribution in [0.4, 0.5) is 0 Å². The average molecular weight is 246 g/mol. The molecule has 2 fully saturated rings. The summed E-state index contributed by atoms with van der Waals surface area (Å²) in [6.45, 7) is 0.504. The molecule has 0 spiro atoms. The predicted octanol–water partition coefficient (Wildman–Crippen LogP) is 3.71. The zero-order valence-electron chi connectivity index (χ0n) is 9.94. The summed E-state index contributed by atoms with van der Waals surface area (Å²) in [5, 5.41) is 0. The van der Waals surface area contributed by atoms with Crippen molar-refractivity contribution in [2.24, 2.45) is 5.92 Å². The fourth-order valence-electron chi connectivity index (χ4n) is 2.90. The molecule has 0 heterocycles. The second-order valence-electron chi connectivity index (χ2n) is 5.30. The molecular formula is C12H23O3P. The van der Waals surface area contributed by atoms with Gasteiger partial charge in [-0.2, -0.15) is 0 Å². The molecule has 0 saturated heterocycles. The van der Waals surface area contributed by atoms with Crippen LogP contribution in [0, 0.1) is 5.92 Å². The van der Waals surface area contributed by atoms with Crippen molar-refractivity contribution in [3.05, 3.63) is 0 Å². The maximum atomic E-state index is 12.1. The lowest BCUT2D eigenvalue weighted by molar-refractivity contribution is 0.205. The lowest BCUT2D eigenvalue weighted by atomic mass is 10.0. The van der Waals surface area contributed by atoms with Crippen molar-refractivity contribution < 1.29 is 14.0 Å². The highest BCUT2D eigenvalue weighted by Crippen LogP contribution is 2.53. The largest absolute Gasteiger partial charge is 0.331 e. The highest BCUT2D eigenvalue weighted by molar-refractivity contribution is 7.53. The first-order valence-electron chi connectivity index (χ1n) is 6.65. The van der Waals surface area contributed by atoms with Crippen molar-refractivity contribution in [3.63, 3.8) is 0 Å². The molecule has 0 radical (unpaired) electrons. The standard InChI is InChI=1S/C12H23O3P/c13-16(14,12-8-2-1-3-9-12)15-10-11-6-4-5-7-11/h11-12H,1-10H2,(H,13,14). The summed E-state index contributed by atoms with van der Waals surface area (Å²) in [6, 6.07) is 0. The Kier molecular flexibility index (Phi) is 4.46. The van der Waals surface area contributed by atoms with Gasteiger partial charge >= 0.3 is 7.60 Å². The first kappa shape index (κ1) is 12.6. The van der Waals surface area contributed by atoms with E-state index in [0.29, 0.717) is 12.5 Å². The molecule has 0 aromatic carbocycles. The topological polar surface area (TPSA) is 46.5 Å². The van der Waals surface area contributed by atoms with Gasteiger partial charge in [-0.05, 0) is 31.6 Å². The summed E-state index contributed by atoms with van der Waals surface area (Å²) in [4.78, 5) is 9.93. The van der Waals surface area contributed by atoms with E-state index >= 15 is 0 Å². The van der Waals surface area contributed by atoms with Crippen LogP contribution >= 0.6 is 7.60 Å². The molecular weight excluding hydrogens is 223 g/mol. The molecule has 1 N–H and O–H groups in total. The van der Waals surface area contributed by atoms with Crippen LogP contribution in [0.15, 0.2) is 0 Å². The maximum absolute atomic E-state index is 12.1. The number of hydrogen-bond acceptors (Lipinski definition) is 2. The van der Waals surface area contributed by atoms with E-state index in [0.717, 1.165) is 25.7 Å². The normalized spacial score (nSPS) is 28.1. The Labute approximate surface area is 98.1 Å². The van der Waals surface area contributed by atoms with Gasteiger partial charge in [0.05, 0.1) is 12.3 Å². The molecule has 1 atom stereocenters. The average Bonchev–Trinajstić information content (AvgIpc) is 2.81. The lowest BCUT2D eigenvalue weighted by Crippen LogP contribution is -2.16. The third-order valence-corrected chi connectivity index (χ3v) is 5.96. The van der Waals surface area contributed by atoms with Crippen molar-refractivity contribution in [3.8, 4) is 0 Å². The minimum Gasteiger partial charge on any atom is -0.324 e. The minimum atomic E-state index is -3.32. The summed E-state index contributed by atoms with van der Waals surface area (Å²) in [5.41, 5.74) is -0.0809. The smallest absolute Gasteiger partial charge is 0.324 e. The molecule has 0 aromatic heterocycles. The molecule has 2 aliphatic carbocycles. The van der Waals surface area contributed by atoms with Crippen LogP contribution in [-0.2, 0) is 9.09 Å². The fourth-order valence-corrected chi connectivity index (χ4v) is 4.55. The molecule has 0 bridgehead atoms. The van der Waals surface area contributed by atoms with Gasteiger partial charge in [0.1, 0.15) is 0 Å². The molecule has 0 aliphatic heterocycles. The van der Waals surface area contributed by atoms with Gasteiger partial charge in [-0.15, -0.1) is 0 Å². The summed E-state index contributed by atoms with van der Waals surface area (Å²) >= 11 is 0. The van der Waals surface area contributed by atoms with Crippen molar-refractivity contribution in [2.75, 3.05) is 6.61 Å². The van der Waals surface area contributed by atoms with Crippen LogP contribution < -0.4 is 0 Å². The molecule has 2 saturated carbocycles. The fraction of sp³-hybridized carbons (Fsp3) is 1.00. The molecule has 1 unspecified atom stereocenters. The van der Waals surface area contributed by atoms with Gasteiger partial charge in [-0.25, -0.2) is 0 Å². The zero-order valence-corrected chi connectivity index (χ0v) is 10.8. The van der Waals surface area contributed by atoms with Crippen molar-refractivity contribution in [2.45, 2.75) is 63.4 Å². The quantitative estimate of drug-likeness (QED) is 0.769. The summed E-state index contributed by atoms with van der Waals surface area (Å²) in [7, 11) is -3.32. The maximum Gasteiger partial charge on any atom is 0.331 e. The Morgan fingerprint density at radius 3 is 2.19 bits per heavy atom. The third-order valence-electron chi connectivity index (χ3n) is 4.01. The van der Waals surface area contributed by atoms with E-state index in [1.165, 1.54) is 32.1 Å². The summed E-state index contributed by atoms with van der Waals surface area (Å²) in [5.74, 6) is 0.532. The van der Waals surface area contributed by atoms with E-state index in [1.54, 1.807) is 0 Å². The molecule has 3 nitrogen and oxygen atoms in total. The van der Waals surface area contributed by atoms with Gasteiger partial charge in [0, 0.05) is 0 Å². The Balaban J connectivity index is 1.78. The van der Waals surface area contributed by atoms with Crippen LogP contribution in [0.3, 0.4) is 0 Å². The van der Waals surface area contributed by atoms with E-state index in [4.69, 9.17) is 4.52 Å². The molecule has 0 amide bonds. The van der Waals surface area contributed by atoms with E-state index in [2.05, 4.69) is 0 Å². The first-order valence-corrected chi connectivity index (χ1v) is 8.30. The molecule has 16 heavy (non-hydrogen) atoms. The third kappa shape index (κ3) is 3.32. The second-order valence-corrected chi connectivity index (χ2v) is 7.42. The molecule has 2 aliphatic rings. The Morgan fingerprint density at radius 2 is 1.56 bits per heavy atom. The molecule has 94 valence electrons. The van der Waals surface area contributed by atoms with Crippen molar-refractivity contribution in [1.82, 2.24) is 0 Å². The van der Waals surface area contributed by atoms with E-state index in [9.17, 15) is 9.46 Å². The van der Waals surface area contributed by atoms with Gasteiger partial charge in [0.2, 0.25) is 0 Å². The van der Waals surface area contributed by atoms with Crippen molar-refractivity contribution in [1.29, 1.82) is 0 Å². The highest BCUT2D eigenvalue weighted by atomic mass is 31.2. The van der Waals surface area contributed by atoms with Crippen LogP contribution in [0.2, 0.25) is 0 Å². The lowest BCUT2D eigenvalue weighted by Gasteiger charge is -2.26. The number of hydrogen-bond donors (Lipinski definition) is 1. The monoisotopic (exact) mass is 246 g/mol. The first-order chi connectivity index (χ1) is 7.68. The van der Waals surface area contributed by atoms with Gasteiger partial charge < -0.3 is 9.42 Å². The van der Waals surface area contributed by atoms with Crippen molar-refractivity contribution >= 4 is 7.60 Å². The molecule has 4 heteroatoms. The van der Waals surface area contributed by atoms with Crippen LogP contribution in [0.5, 0.6) is 0 Å². The zero-order chi connectivity index (χ0) is 11.4. The Morgan fingerprint density at radius 1 is 1.00 bits per heavy atom. The second kappa shape index (κ2) is 5.66. The summed E-state index contributed by atoms with van der Waals surface area (Å²) < 4.78 is 17.4. The van der Waals surface area contributed by atoms with Crippen LogP contribution in [-0.4, -0.2) is 17.2 Å². The Bertz CT molecular complexity index is 255. The van der Waals surface area contributed by atoms with Gasteiger partial charge in [-0.1, -0.05) is 32.1 Å². The minimum absolute atomic E-state index is 0.0809. The molecule has 0 aromatic rings. The van der Waals surface area contributed by atoms with Gasteiger partial charge in [0.15, 0.2) is 0 Å².